The Morgan fingerprint density at radius 2 is 1.74 bits per heavy atom. The van der Waals surface area contributed by atoms with Crippen molar-refractivity contribution in [2.24, 2.45) is 5.10 Å². The summed E-state index contributed by atoms with van der Waals surface area (Å²) in [5, 5.41) is 5.25. The van der Waals surface area contributed by atoms with Gasteiger partial charge in [-0.05, 0) is 76.7 Å². The molecule has 0 aliphatic rings. The van der Waals surface area contributed by atoms with Crippen molar-refractivity contribution < 1.29 is 17.9 Å². The molecule has 0 aliphatic heterocycles. The predicted octanol–water partition coefficient (Wildman–Crippen LogP) is 7.80. The topological polar surface area (TPSA) is 56.5 Å². The molecule has 0 saturated carbocycles. The van der Waals surface area contributed by atoms with Gasteiger partial charge in [-0.15, -0.1) is 0 Å². The first-order chi connectivity index (χ1) is 18.7. The zero-order chi connectivity index (χ0) is 27.6. The van der Waals surface area contributed by atoms with Crippen LogP contribution in [0.25, 0.3) is 22.3 Å². The van der Waals surface area contributed by atoms with Crippen LogP contribution in [0, 0.1) is 3.57 Å². The molecule has 5 rings (SSSR count). The average molecular weight is 660 g/mol. The summed E-state index contributed by atoms with van der Waals surface area (Å²) >= 11 is 8.33. The molecular weight excluding hydrogens is 642 g/mol. The monoisotopic (exact) mass is 659 g/mol. The normalized spacial score (nSPS) is 11.8. The Hall–Kier alpha value is -3.70. The van der Waals surface area contributed by atoms with E-state index in [0.29, 0.717) is 33.8 Å². The van der Waals surface area contributed by atoms with Crippen molar-refractivity contribution in [1.29, 1.82) is 0 Å². The molecule has 0 radical (unpaired) electrons. The lowest BCUT2D eigenvalue weighted by Crippen LogP contribution is -2.20. The number of alkyl halides is 3. The van der Waals surface area contributed by atoms with Crippen LogP contribution in [0.5, 0.6) is 5.75 Å². The lowest BCUT2D eigenvalue weighted by atomic mass is 10.1. The van der Waals surface area contributed by atoms with E-state index in [1.165, 1.54) is 18.3 Å². The van der Waals surface area contributed by atoms with Crippen molar-refractivity contribution in [3.8, 4) is 17.1 Å². The largest absolute Gasteiger partial charge is 0.488 e. The molecule has 0 saturated heterocycles. The van der Waals surface area contributed by atoms with E-state index in [9.17, 15) is 18.0 Å². The molecule has 0 bridgehead atoms. The molecule has 0 aliphatic carbocycles. The van der Waals surface area contributed by atoms with Crippen LogP contribution in [-0.2, 0) is 12.8 Å². The summed E-state index contributed by atoms with van der Waals surface area (Å²) in [7, 11) is 0. The van der Waals surface area contributed by atoms with Gasteiger partial charge in [0.05, 0.1) is 26.3 Å². The van der Waals surface area contributed by atoms with Gasteiger partial charge in [0.15, 0.2) is 5.82 Å². The molecule has 39 heavy (non-hydrogen) atoms. The van der Waals surface area contributed by atoms with Gasteiger partial charge in [-0.2, -0.15) is 22.9 Å². The fourth-order valence-electron chi connectivity index (χ4n) is 3.86. The van der Waals surface area contributed by atoms with Crippen molar-refractivity contribution in [3.63, 3.8) is 0 Å². The summed E-state index contributed by atoms with van der Waals surface area (Å²) in [4.78, 5) is 17.8. The molecule has 10 heteroatoms. The van der Waals surface area contributed by atoms with Gasteiger partial charge in [-0.1, -0.05) is 54.1 Å². The van der Waals surface area contributed by atoms with E-state index in [-0.39, 0.29) is 11.4 Å². The second-order valence-corrected chi connectivity index (χ2v) is 10.0. The van der Waals surface area contributed by atoms with Crippen LogP contribution in [0.15, 0.2) is 101 Å². The number of fused-ring (bicyclic) bond motifs is 1. The maximum Gasteiger partial charge on any atom is 0.416 e. The first-order valence-electron chi connectivity index (χ1n) is 11.6. The lowest BCUT2D eigenvalue weighted by Gasteiger charge is -2.12. The summed E-state index contributed by atoms with van der Waals surface area (Å²) in [6.45, 7) is 0.293. The number of benzene rings is 4. The van der Waals surface area contributed by atoms with Crippen molar-refractivity contribution >= 4 is 51.3 Å². The van der Waals surface area contributed by atoms with E-state index < -0.39 is 17.3 Å². The summed E-state index contributed by atoms with van der Waals surface area (Å²) in [5.41, 5.74) is 0.627. The minimum Gasteiger partial charge on any atom is -0.488 e. The second-order valence-electron chi connectivity index (χ2n) is 8.46. The Morgan fingerprint density at radius 3 is 2.51 bits per heavy atom. The molecule has 0 amide bonds. The maximum absolute atomic E-state index is 13.4. The summed E-state index contributed by atoms with van der Waals surface area (Å²) in [6, 6.07) is 24.0. The van der Waals surface area contributed by atoms with Crippen molar-refractivity contribution in [3.05, 3.63) is 127 Å². The highest BCUT2D eigenvalue weighted by molar-refractivity contribution is 14.1. The molecule has 196 valence electrons. The van der Waals surface area contributed by atoms with Gasteiger partial charge in [-0.25, -0.2) is 4.98 Å². The number of rotatable bonds is 6. The van der Waals surface area contributed by atoms with Crippen LogP contribution in [0.4, 0.5) is 13.2 Å². The molecule has 4 aromatic carbocycles. The highest BCUT2D eigenvalue weighted by Gasteiger charge is 2.31. The molecule has 0 N–H and O–H groups in total. The molecular formula is C29H18ClF3IN3O2. The summed E-state index contributed by atoms with van der Waals surface area (Å²) in [6.07, 6.45) is -3.09. The fraction of sp³-hybridized carbons (Fsp3) is 0.0690. The fourth-order valence-corrected chi connectivity index (χ4v) is 4.75. The van der Waals surface area contributed by atoms with E-state index >= 15 is 0 Å². The number of nitrogens with zero attached hydrogens (tertiary/aromatic N) is 3. The van der Waals surface area contributed by atoms with Crippen LogP contribution in [0.3, 0.4) is 0 Å². The number of halogens is 5. The summed E-state index contributed by atoms with van der Waals surface area (Å²) < 4.78 is 47.9. The number of hydrogen-bond acceptors (Lipinski definition) is 4. The molecule has 0 atom stereocenters. The van der Waals surface area contributed by atoms with E-state index in [2.05, 4.69) is 32.7 Å². The second kappa shape index (κ2) is 11.2. The maximum atomic E-state index is 13.4. The molecule has 0 fully saturated rings. The van der Waals surface area contributed by atoms with Crippen LogP contribution in [-0.4, -0.2) is 15.9 Å². The standard InChI is InChI=1S/C29H18ClF3IN3O2/c30-23-10-3-1-6-20(23)17-39-26-13-12-18(14-24(26)34)16-35-37-27(19-7-5-8-21(15-19)29(31,32)33)36-25-11-4-2-9-22(25)28(37)38/h1-16H,17H2. The van der Waals surface area contributed by atoms with Crippen molar-refractivity contribution in [2.45, 2.75) is 12.8 Å². The minimum absolute atomic E-state index is 0.00422. The molecule has 0 spiro atoms. The third kappa shape index (κ3) is 5.99. The number of ether oxygens (including phenoxy) is 1. The average Bonchev–Trinajstić information content (AvgIpc) is 2.92. The molecule has 0 unspecified atom stereocenters. The van der Waals surface area contributed by atoms with Gasteiger partial charge in [0.2, 0.25) is 0 Å². The van der Waals surface area contributed by atoms with Crippen LogP contribution >= 0.6 is 34.2 Å². The van der Waals surface area contributed by atoms with Gasteiger partial charge in [0.25, 0.3) is 5.56 Å². The highest BCUT2D eigenvalue weighted by atomic mass is 127. The van der Waals surface area contributed by atoms with E-state index in [1.807, 2.05) is 24.3 Å². The Labute approximate surface area is 239 Å². The summed E-state index contributed by atoms with van der Waals surface area (Å²) in [5.74, 6) is 0.636. The smallest absolute Gasteiger partial charge is 0.416 e. The molecule has 1 heterocycles. The molecule has 1 aromatic heterocycles. The van der Waals surface area contributed by atoms with Crippen molar-refractivity contribution in [1.82, 2.24) is 9.66 Å². The van der Waals surface area contributed by atoms with Crippen molar-refractivity contribution in [2.75, 3.05) is 0 Å². The minimum atomic E-state index is -4.55. The first kappa shape index (κ1) is 26.9. The Kier molecular flexibility index (Phi) is 7.72. The highest BCUT2D eigenvalue weighted by Crippen LogP contribution is 2.32. The third-order valence-electron chi connectivity index (χ3n) is 5.82. The predicted molar refractivity (Wildman–Crippen MR) is 154 cm³/mol. The van der Waals surface area contributed by atoms with E-state index in [0.717, 1.165) is 25.9 Å². The quantitative estimate of drug-likeness (QED) is 0.138. The van der Waals surface area contributed by atoms with Gasteiger partial charge in [-0.3, -0.25) is 4.79 Å². The third-order valence-corrected chi connectivity index (χ3v) is 7.03. The molecule has 5 aromatic rings. The zero-order valence-electron chi connectivity index (χ0n) is 20.0. The van der Waals surface area contributed by atoms with Crippen LogP contribution in [0.2, 0.25) is 5.02 Å². The van der Waals surface area contributed by atoms with E-state index in [1.54, 1.807) is 42.5 Å². The van der Waals surface area contributed by atoms with Gasteiger partial charge in [0, 0.05) is 16.1 Å². The SMILES string of the molecule is O=c1c2ccccc2nc(-c2cccc(C(F)(F)F)c2)n1N=Cc1ccc(OCc2ccccc2Cl)c(I)c1. The Morgan fingerprint density at radius 1 is 0.974 bits per heavy atom. The first-order valence-corrected chi connectivity index (χ1v) is 13.1. The van der Waals surface area contributed by atoms with Gasteiger partial charge < -0.3 is 4.74 Å². The van der Waals surface area contributed by atoms with Gasteiger partial charge in [0.1, 0.15) is 12.4 Å². The number of para-hydroxylation sites is 1. The number of hydrogen-bond donors (Lipinski definition) is 0. The Bertz CT molecular complexity index is 1770. The van der Waals surface area contributed by atoms with Gasteiger partial charge >= 0.3 is 6.18 Å². The number of aromatic nitrogens is 2. The van der Waals surface area contributed by atoms with Crippen LogP contribution in [0.1, 0.15) is 16.7 Å². The van der Waals surface area contributed by atoms with Crippen LogP contribution < -0.4 is 10.3 Å². The lowest BCUT2D eigenvalue weighted by molar-refractivity contribution is -0.137. The molecule has 5 nitrogen and oxygen atoms in total. The zero-order valence-corrected chi connectivity index (χ0v) is 22.9. The Balaban J connectivity index is 1.50. The van der Waals surface area contributed by atoms with E-state index in [4.69, 9.17) is 16.3 Å².